The minimum Gasteiger partial charge on any atom is -0.378 e. The van der Waals surface area contributed by atoms with Crippen molar-refractivity contribution in [3.8, 4) is 17.5 Å². The molecule has 9 nitrogen and oxygen atoms in total. The van der Waals surface area contributed by atoms with Crippen molar-refractivity contribution in [1.82, 2.24) is 24.8 Å². The topological polar surface area (TPSA) is 111 Å². The van der Waals surface area contributed by atoms with Gasteiger partial charge in [-0.25, -0.2) is 4.39 Å². The average Bonchev–Trinajstić information content (AvgIpc) is 3.63. The van der Waals surface area contributed by atoms with E-state index in [1.807, 2.05) is 18.0 Å². The predicted octanol–water partition coefficient (Wildman–Crippen LogP) is 4.92. The van der Waals surface area contributed by atoms with E-state index in [4.69, 9.17) is 9.78 Å². The van der Waals surface area contributed by atoms with Gasteiger partial charge in [-0.15, -0.1) is 11.3 Å². The number of halogens is 4. The van der Waals surface area contributed by atoms with Crippen molar-refractivity contribution < 1.29 is 26.9 Å². The van der Waals surface area contributed by atoms with E-state index in [-0.39, 0.29) is 47.2 Å². The third-order valence-corrected chi connectivity index (χ3v) is 7.94. The minimum atomic E-state index is -4.60. The van der Waals surface area contributed by atoms with Crippen LogP contribution in [-0.4, -0.2) is 63.2 Å². The van der Waals surface area contributed by atoms with Crippen molar-refractivity contribution in [1.29, 1.82) is 5.26 Å². The molecule has 0 bridgehead atoms. The van der Waals surface area contributed by atoms with E-state index in [2.05, 4.69) is 20.8 Å². The number of hydrogen-bond donors (Lipinski definition) is 2. The molecule has 0 unspecified atom stereocenters. The number of rotatable bonds is 7. The van der Waals surface area contributed by atoms with Crippen molar-refractivity contribution in [3.05, 3.63) is 52.2 Å². The predicted molar refractivity (Wildman–Crippen MR) is 137 cm³/mol. The molecule has 1 fully saturated rings. The van der Waals surface area contributed by atoms with Gasteiger partial charge in [0.2, 0.25) is 11.7 Å². The van der Waals surface area contributed by atoms with Crippen LogP contribution in [0.5, 0.6) is 0 Å². The fourth-order valence-corrected chi connectivity index (χ4v) is 5.74. The number of hydrogen-bond acceptors (Lipinski definition) is 9. The first-order valence-electron chi connectivity index (χ1n) is 11.7. The van der Waals surface area contributed by atoms with Crippen LogP contribution in [0.25, 0.3) is 16.9 Å². The van der Waals surface area contributed by atoms with Gasteiger partial charge in [-0.1, -0.05) is 5.16 Å². The molecule has 2 atom stereocenters. The summed E-state index contributed by atoms with van der Waals surface area (Å²) in [4.78, 5) is 19.1. The van der Waals surface area contributed by atoms with Crippen LogP contribution in [0.3, 0.4) is 0 Å². The number of fused-ring (bicyclic) bond motifs is 1. The highest BCUT2D eigenvalue weighted by atomic mass is 32.2. The molecule has 5 rings (SSSR count). The van der Waals surface area contributed by atoms with E-state index >= 15 is 0 Å². The highest BCUT2D eigenvalue weighted by Gasteiger charge is 2.34. The van der Waals surface area contributed by atoms with Gasteiger partial charge in [-0.05, 0) is 43.8 Å². The lowest BCUT2D eigenvalue weighted by atomic mass is 10.0. The Labute approximate surface area is 227 Å². The molecule has 1 aliphatic heterocycles. The molecule has 1 amide bonds. The number of nitrogens with one attached hydrogen (secondary N) is 2. The smallest absolute Gasteiger partial charge is 0.378 e. The lowest BCUT2D eigenvalue weighted by Crippen LogP contribution is -2.46. The molecule has 0 aliphatic carbocycles. The number of nitriles is 1. The molecule has 0 aromatic carbocycles. The quantitative estimate of drug-likeness (QED) is 0.235. The molecule has 4 aromatic rings. The number of thioether (sulfide) groups is 1. The first-order chi connectivity index (χ1) is 18.6. The summed E-state index contributed by atoms with van der Waals surface area (Å²) in [5.74, 6) is -0.565. The van der Waals surface area contributed by atoms with Gasteiger partial charge in [0.15, 0.2) is 0 Å². The molecular formula is C24H21F4N7O2S2. The van der Waals surface area contributed by atoms with Crippen molar-refractivity contribution in [2.45, 2.75) is 35.7 Å². The number of carbonyl (C=O) groups excluding carboxylic acids is 1. The molecule has 39 heavy (non-hydrogen) atoms. The summed E-state index contributed by atoms with van der Waals surface area (Å²) in [6.45, 7) is 0.786. The van der Waals surface area contributed by atoms with Crippen LogP contribution < -0.4 is 10.6 Å². The maximum atomic E-state index is 14.7. The number of aromatic nitrogens is 3. The van der Waals surface area contributed by atoms with Gasteiger partial charge in [0, 0.05) is 31.0 Å². The van der Waals surface area contributed by atoms with Crippen molar-refractivity contribution in [3.63, 3.8) is 0 Å². The monoisotopic (exact) mass is 579 g/mol. The van der Waals surface area contributed by atoms with Gasteiger partial charge in [0.25, 0.3) is 5.91 Å². The fraction of sp³-hybridized carbons (Fsp3) is 0.333. The summed E-state index contributed by atoms with van der Waals surface area (Å²) in [5, 5.41) is 18.3. The lowest BCUT2D eigenvalue weighted by molar-refractivity contribution is -0.0329. The van der Waals surface area contributed by atoms with Crippen LogP contribution in [0.4, 0.5) is 23.2 Å². The van der Waals surface area contributed by atoms with Crippen molar-refractivity contribution >= 4 is 40.2 Å². The van der Waals surface area contributed by atoms with Crippen molar-refractivity contribution in [2.75, 3.05) is 25.5 Å². The van der Waals surface area contributed by atoms with Crippen LogP contribution >= 0.6 is 23.1 Å². The Bertz CT molecular complexity index is 1540. The maximum absolute atomic E-state index is 14.7. The standard InChI is InChI=1S/C24H21F4N7O2S2/c1-34-8-6-16(15(25)12-34)31-17-3-2-7-35-18(17)9-14(23(35)39-24(26,27)28)21-32-20(37-33-21)11-30-22(36)19-5-4-13(10-29)38-19/h2-5,7,9,15-16,31H,6,8,11-12H2,1H3,(H,30,36)/t15-,16+/m0/s1. The van der Waals surface area contributed by atoms with Gasteiger partial charge in [-0.2, -0.15) is 23.4 Å². The molecule has 0 saturated carbocycles. The van der Waals surface area contributed by atoms with E-state index in [0.29, 0.717) is 33.9 Å². The number of pyridine rings is 1. The first kappa shape index (κ1) is 27.0. The zero-order chi connectivity index (χ0) is 27.7. The third kappa shape index (κ3) is 6.02. The number of alkyl halides is 4. The zero-order valence-corrected chi connectivity index (χ0v) is 22.0. The largest absolute Gasteiger partial charge is 0.447 e. The minimum absolute atomic E-state index is 0.0152. The van der Waals surface area contributed by atoms with Gasteiger partial charge < -0.3 is 24.5 Å². The molecular weight excluding hydrogens is 558 g/mol. The second-order valence-corrected chi connectivity index (χ2v) is 11.0. The number of carbonyl (C=O) groups is 1. The molecule has 1 aliphatic rings. The second kappa shape index (κ2) is 10.9. The SMILES string of the molecule is CN1CC[C@@H](Nc2cccn3c(SC(F)(F)F)c(-c4noc(CNC(=O)c5ccc(C#N)s5)n4)cc23)[C@@H](F)C1. The van der Waals surface area contributed by atoms with Crippen LogP contribution in [-0.2, 0) is 6.54 Å². The molecule has 5 heterocycles. The highest BCUT2D eigenvalue weighted by molar-refractivity contribution is 8.00. The van der Waals surface area contributed by atoms with E-state index in [1.54, 1.807) is 12.1 Å². The molecule has 2 N–H and O–H groups in total. The zero-order valence-electron chi connectivity index (χ0n) is 20.3. The number of piperidine rings is 1. The summed E-state index contributed by atoms with van der Waals surface area (Å²) in [6.07, 6.45) is 0.884. The van der Waals surface area contributed by atoms with Crippen molar-refractivity contribution in [2.24, 2.45) is 0 Å². The summed E-state index contributed by atoms with van der Waals surface area (Å²) >= 11 is 0.699. The first-order valence-corrected chi connectivity index (χ1v) is 13.3. The summed E-state index contributed by atoms with van der Waals surface area (Å²) < 4.78 is 61.9. The second-order valence-electron chi connectivity index (χ2n) is 8.88. The number of amides is 1. The lowest BCUT2D eigenvalue weighted by Gasteiger charge is -2.33. The number of thiophene rings is 1. The number of likely N-dealkylation sites (tertiary alicyclic amines) is 1. The average molecular weight is 580 g/mol. The Kier molecular flexibility index (Phi) is 7.52. The summed E-state index contributed by atoms with van der Waals surface area (Å²) in [5.41, 5.74) is -3.65. The van der Waals surface area contributed by atoms with Crippen LogP contribution in [0.2, 0.25) is 0 Å². The molecule has 15 heteroatoms. The molecule has 4 aromatic heterocycles. The van der Waals surface area contributed by atoms with E-state index in [0.717, 1.165) is 11.3 Å². The Morgan fingerprint density at radius 1 is 1.36 bits per heavy atom. The Hall–Kier alpha value is -3.61. The van der Waals surface area contributed by atoms with Gasteiger partial charge >= 0.3 is 5.51 Å². The third-order valence-electron chi connectivity index (χ3n) is 6.11. The Morgan fingerprint density at radius 3 is 2.90 bits per heavy atom. The summed E-state index contributed by atoms with van der Waals surface area (Å²) in [7, 11) is 1.83. The molecule has 204 valence electrons. The summed E-state index contributed by atoms with van der Waals surface area (Å²) in [6, 6.07) is 9.26. The van der Waals surface area contributed by atoms with Crippen LogP contribution in [0, 0.1) is 11.3 Å². The van der Waals surface area contributed by atoms with Crippen LogP contribution in [0.15, 0.2) is 46.1 Å². The number of anilines is 1. The Balaban J connectivity index is 1.42. The van der Waals surface area contributed by atoms with Gasteiger partial charge in [-0.3, -0.25) is 4.79 Å². The van der Waals surface area contributed by atoms with E-state index < -0.39 is 23.6 Å². The fourth-order valence-electron chi connectivity index (χ4n) is 4.29. The maximum Gasteiger partial charge on any atom is 0.447 e. The normalized spacial score (nSPS) is 18.3. The number of nitrogens with zero attached hydrogens (tertiary/aromatic N) is 5. The molecule has 0 spiro atoms. The molecule has 0 radical (unpaired) electrons. The molecule has 1 saturated heterocycles. The Morgan fingerprint density at radius 2 is 2.18 bits per heavy atom. The van der Waals surface area contributed by atoms with Gasteiger partial charge in [0.1, 0.15) is 17.1 Å². The van der Waals surface area contributed by atoms with Gasteiger partial charge in [0.05, 0.1) is 39.3 Å². The van der Waals surface area contributed by atoms with E-state index in [9.17, 15) is 22.4 Å². The van der Waals surface area contributed by atoms with Crippen LogP contribution in [0.1, 0.15) is 26.9 Å². The van der Waals surface area contributed by atoms with E-state index in [1.165, 1.54) is 28.8 Å². The highest BCUT2D eigenvalue weighted by Crippen LogP contribution is 2.44.